The summed E-state index contributed by atoms with van der Waals surface area (Å²) in [5.74, 6) is -0.664. The van der Waals surface area contributed by atoms with Gasteiger partial charge in [-0.25, -0.2) is 14.8 Å². The molecule has 5 heteroatoms. The lowest BCUT2D eigenvalue weighted by Crippen LogP contribution is -2.07. The van der Waals surface area contributed by atoms with Gasteiger partial charge in [-0.2, -0.15) is 0 Å². The normalized spacial score (nSPS) is 10.0. The van der Waals surface area contributed by atoms with E-state index in [-0.39, 0.29) is 12.3 Å². The van der Waals surface area contributed by atoms with E-state index in [1.54, 1.807) is 6.92 Å². The van der Waals surface area contributed by atoms with Crippen LogP contribution in [0.5, 0.6) is 0 Å². The zero-order chi connectivity index (χ0) is 9.84. The Morgan fingerprint density at radius 1 is 1.62 bits per heavy atom. The monoisotopic (exact) mass is 182 g/mol. The van der Waals surface area contributed by atoms with Gasteiger partial charge in [0, 0.05) is 12.8 Å². The van der Waals surface area contributed by atoms with Crippen LogP contribution in [-0.4, -0.2) is 28.2 Å². The number of carboxylic acid groups (broad SMARTS) is 1. The maximum atomic E-state index is 10.6. The molecule has 5 nitrogen and oxygen atoms in total. The number of methoxy groups -OCH3 is 1. The van der Waals surface area contributed by atoms with E-state index in [0.29, 0.717) is 11.5 Å². The summed E-state index contributed by atoms with van der Waals surface area (Å²) in [6.45, 7) is 1.94. The van der Waals surface area contributed by atoms with Gasteiger partial charge >= 0.3 is 5.97 Å². The minimum atomic E-state index is -1.05. The Hall–Kier alpha value is -1.49. The van der Waals surface area contributed by atoms with Crippen molar-refractivity contribution in [1.29, 1.82) is 0 Å². The van der Waals surface area contributed by atoms with Gasteiger partial charge in [0.25, 0.3) is 0 Å². The van der Waals surface area contributed by atoms with E-state index in [2.05, 4.69) is 9.97 Å². The molecule has 0 amide bonds. The van der Waals surface area contributed by atoms with Crippen LogP contribution in [0.25, 0.3) is 0 Å². The molecule has 70 valence electrons. The highest BCUT2D eigenvalue weighted by Crippen LogP contribution is 2.01. The molecule has 0 fully saturated rings. The fourth-order valence-electron chi connectivity index (χ4n) is 0.933. The highest BCUT2D eigenvalue weighted by atomic mass is 16.5. The zero-order valence-electron chi connectivity index (χ0n) is 7.44. The molecule has 0 radical (unpaired) electrons. The first-order chi connectivity index (χ1) is 6.13. The van der Waals surface area contributed by atoms with Crippen molar-refractivity contribution in [3.05, 3.63) is 23.3 Å². The van der Waals surface area contributed by atoms with E-state index in [4.69, 9.17) is 9.84 Å². The number of rotatable bonds is 3. The number of aromatic nitrogens is 2. The van der Waals surface area contributed by atoms with E-state index in [1.807, 2.05) is 0 Å². The fraction of sp³-hybridized carbons (Fsp3) is 0.375. The van der Waals surface area contributed by atoms with Crippen molar-refractivity contribution in [2.24, 2.45) is 0 Å². The van der Waals surface area contributed by atoms with Crippen LogP contribution in [0.1, 0.15) is 22.0 Å². The van der Waals surface area contributed by atoms with Gasteiger partial charge in [-0.1, -0.05) is 0 Å². The van der Waals surface area contributed by atoms with Crippen LogP contribution >= 0.6 is 0 Å². The second-order valence-corrected chi connectivity index (χ2v) is 2.55. The van der Waals surface area contributed by atoms with Gasteiger partial charge in [-0.05, 0) is 13.0 Å². The Morgan fingerprint density at radius 2 is 2.31 bits per heavy atom. The number of ether oxygens (including phenoxy) is 1. The first-order valence-electron chi connectivity index (χ1n) is 3.70. The Morgan fingerprint density at radius 3 is 2.85 bits per heavy atom. The van der Waals surface area contributed by atoms with Gasteiger partial charge in [0.05, 0.1) is 0 Å². The van der Waals surface area contributed by atoms with Crippen molar-refractivity contribution >= 4 is 5.97 Å². The third-order valence-electron chi connectivity index (χ3n) is 1.39. The van der Waals surface area contributed by atoms with Crippen molar-refractivity contribution < 1.29 is 14.6 Å². The minimum absolute atomic E-state index is 0.000417. The Kier molecular flexibility index (Phi) is 2.92. The molecule has 0 saturated heterocycles. The van der Waals surface area contributed by atoms with Gasteiger partial charge in [-0.3, -0.25) is 0 Å². The lowest BCUT2D eigenvalue weighted by atomic mass is 10.3. The Labute approximate surface area is 75.4 Å². The third-order valence-corrected chi connectivity index (χ3v) is 1.39. The fourth-order valence-corrected chi connectivity index (χ4v) is 0.933. The molecule has 0 aromatic carbocycles. The molecule has 0 spiro atoms. The van der Waals surface area contributed by atoms with Crippen molar-refractivity contribution in [2.45, 2.75) is 13.5 Å². The quantitative estimate of drug-likeness (QED) is 0.742. The topological polar surface area (TPSA) is 72.3 Å². The Balaban J connectivity index is 3.03. The first kappa shape index (κ1) is 9.60. The van der Waals surface area contributed by atoms with Crippen LogP contribution < -0.4 is 0 Å². The summed E-state index contributed by atoms with van der Waals surface area (Å²) >= 11 is 0. The molecule has 1 aromatic heterocycles. The molecular weight excluding hydrogens is 172 g/mol. The second kappa shape index (κ2) is 3.95. The number of aryl methyl sites for hydroxylation is 1. The van der Waals surface area contributed by atoms with Crippen LogP contribution in [-0.2, 0) is 11.3 Å². The molecule has 1 aromatic rings. The standard InChI is InChI=1S/C8H10N2O3/c1-5-3-6(8(11)12)10-7(9-5)4-13-2/h3H,4H2,1-2H3,(H,11,12). The maximum Gasteiger partial charge on any atom is 0.354 e. The van der Waals surface area contributed by atoms with Crippen LogP contribution in [0, 0.1) is 6.92 Å². The molecule has 1 heterocycles. The summed E-state index contributed by atoms with van der Waals surface area (Å²) < 4.78 is 4.80. The maximum absolute atomic E-state index is 10.6. The summed E-state index contributed by atoms with van der Waals surface area (Å²) in [7, 11) is 1.51. The largest absolute Gasteiger partial charge is 0.477 e. The lowest BCUT2D eigenvalue weighted by molar-refractivity contribution is 0.0689. The van der Waals surface area contributed by atoms with Gasteiger partial charge in [0.2, 0.25) is 0 Å². The number of carboxylic acids is 1. The molecule has 0 aliphatic carbocycles. The highest BCUT2D eigenvalue weighted by Gasteiger charge is 2.07. The SMILES string of the molecule is COCc1nc(C)cc(C(=O)O)n1. The molecule has 0 aliphatic heterocycles. The predicted molar refractivity (Wildman–Crippen MR) is 44.4 cm³/mol. The molecular formula is C8H10N2O3. The van der Waals surface area contributed by atoms with E-state index in [1.165, 1.54) is 13.2 Å². The summed E-state index contributed by atoms with van der Waals surface area (Å²) in [6, 6.07) is 1.42. The number of nitrogens with zero attached hydrogens (tertiary/aromatic N) is 2. The summed E-state index contributed by atoms with van der Waals surface area (Å²) in [6.07, 6.45) is 0. The molecule has 0 bridgehead atoms. The number of carbonyl (C=O) groups is 1. The average Bonchev–Trinajstić information content (AvgIpc) is 2.03. The van der Waals surface area contributed by atoms with Crippen molar-refractivity contribution in [2.75, 3.05) is 7.11 Å². The molecule has 0 atom stereocenters. The van der Waals surface area contributed by atoms with Crippen LogP contribution in [0.15, 0.2) is 6.07 Å². The van der Waals surface area contributed by atoms with E-state index < -0.39 is 5.97 Å². The molecule has 0 aliphatic rings. The van der Waals surface area contributed by atoms with Gasteiger partial charge in [0.15, 0.2) is 11.5 Å². The van der Waals surface area contributed by atoms with Gasteiger partial charge < -0.3 is 9.84 Å². The molecule has 0 saturated carbocycles. The molecule has 1 rings (SSSR count). The third kappa shape index (κ3) is 2.48. The van der Waals surface area contributed by atoms with E-state index in [0.717, 1.165) is 0 Å². The first-order valence-corrected chi connectivity index (χ1v) is 3.70. The molecule has 13 heavy (non-hydrogen) atoms. The van der Waals surface area contributed by atoms with Gasteiger partial charge in [0.1, 0.15) is 6.61 Å². The molecule has 0 unspecified atom stereocenters. The van der Waals surface area contributed by atoms with Crippen LogP contribution in [0.4, 0.5) is 0 Å². The molecule has 1 N–H and O–H groups in total. The predicted octanol–water partition coefficient (Wildman–Crippen LogP) is 0.630. The highest BCUT2D eigenvalue weighted by molar-refractivity contribution is 5.85. The number of hydrogen-bond acceptors (Lipinski definition) is 4. The van der Waals surface area contributed by atoms with Crippen molar-refractivity contribution in [3.63, 3.8) is 0 Å². The van der Waals surface area contributed by atoms with Crippen molar-refractivity contribution in [1.82, 2.24) is 9.97 Å². The van der Waals surface area contributed by atoms with Gasteiger partial charge in [-0.15, -0.1) is 0 Å². The van der Waals surface area contributed by atoms with E-state index >= 15 is 0 Å². The lowest BCUT2D eigenvalue weighted by Gasteiger charge is -2.01. The minimum Gasteiger partial charge on any atom is -0.477 e. The summed E-state index contributed by atoms with van der Waals surface area (Å²) in [4.78, 5) is 18.4. The van der Waals surface area contributed by atoms with E-state index in [9.17, 15) is 4.79 Å². The zero-order valence-corrected chi connectivity index (χ0v) is 7.44. The number of aromatic carboxylic acids is 1. The summed E-state index contributed by atoms with van der Waals surface area (Å²) in [5.41, 5.74) is 0.624. The van der Waals surface area contributed by atoms with Crippen molar-refractivity contribution in [3.8, 4) is 0 Å². The summed E-state index contributed by atoms with van der Waals surface area (Å²) in [5, 5.41) is 8.67. The van der Waals surface area contributed by atoms with Crippen LogP contribution in [0.2, 0.25) is 0 Å². The number of hydrogen-bond donors (Lipinski definition) is 1. The Bertz CT molecular complexity index is 325. The average molecular weight is 182 g/mol. The second-order valence-electron chi connectivity index (χ2n) is 2.55. The van der Waals surface area contributed by atoms with Crippen LogP contribution in [0.3, 0.4) is 0 Å². The smallest absolute Gasteiger partial charge is 0.354 e.